The first-order chi connectivity index (χ1) is 19.9. The maximum Gasteiger partial charge on any atom is 0.324 e. The number of carbonyl (C=O) groups is 2. The summed E-state index contributed by atoms with van der Waals surface area (Å²) in [5, 5.41) is 33.2. The molecule has 5 rings (SSSR count). The Kier molecular flexibility index (Phi) is 8.33. The highest BCUT2D eigenvalue weighted by Gasteiger charge is 2.17. The molecule has 0 aliphatic carbocycles. The number of benzene rings is 4. The van der Waals surface area contributed by atoms with Gasteiger partial charge in [0.15, 0.2) is 0 Å². The Balaban J connectivity index is 1.44. The van der Waals surface area contributed by atoms with Gasteiger partial charge in [-0.2, -0.15) is 5.10 Å². The number of carbonyl (C=O) groups excluding carboxylic acids is 2. The number of aliphatic hydroxyl groups excluding tert-OH is 2. The predicted octanol–water partition coefficient (Wildman–Crippen LogP) is 4.49. The molecule has 0 aliphatic heterocycles. The number of halogens is 1. The SMILES string of the molecule is O=C(Cc1cccc(-n2nc(-c3ccccc3F)cc2NC(=O)Nc2cccc3ccccc23)c1)NCC(O)CO. The van der Waals surface area contributed by atoms with Crippen LogP contribution in [0.5, 0.6) is 0 Å². The molecule has 3 amide bonds. The highest BCUT2D eigenvalue weighted by atomic mass is 19.1. The van der Waals surface area contributed by atoms with Crippen molar-refractivity contribution < 1.29 is 24.2 Å². The first kappa shape index (κ1) is 27.5. The molecule has 0 radical (unpaired) electrons. The Bertz CT molecular complexity index is 1700. The van der Waals surface area contributed by atoms with E-state index in [0.29, 0.717) is 22.6 Å². The van der Waals surface area contributed by atoms with Crippen molar-refractivity contribution in [2.75, 3.05) is 23.8 Å². The van der Waals surface area contributed by atoms with Crippen LogP contribution < -0.4 is 16.0 Å². The smallest absolute Gasteiger partial charge is 0.324 e. The first-order valence-corrected chi connectivity index (χ1v) is 13.0. The Morgan fingerprint density at radius 3 is 2.49 bits per heavy atom. The van der Waals surface area contributed by atoms with Crippen molar-refractivity contribution in [3.05, 3.63) is 108 Å². The van der Waals surface area contributed by atoms with E-state index in [-0.39, 0.29) is 30.3 Å². The maximum atomic E-state index is 14.7. The third-order valence-corrected chi connectivity index (χ3v) is 6.40. The molecule has 0 fully saturated rings. The van der Waals surface area contributed by atoms with Gasteiger partial charge in [0.2, 0.25) is 5.91 Å². The van der Waals surface area contributed by atoms with E-state index in [1.807, 2.05) is 36.4 Å². The fourth-order valence-corrected chi connectivity index (χ4v) is 4.41. The number of anilines is 2. The van der Waals surface area contributed by atoms with Crippen molar-refractivity contribution in [3.8, 4) is 16.9 Å². The number of aliphatic hydroxyl groups is 2. The average Bonchev–Trinajstić information content (AvgIpc) is 3.39. The fourth-order valence-electron chi connectivity index (χ4n) is 4.41. The molecule has 0 saturated carbocycles. The number of fused-ring (bicyclic) bond motifs is 1. The number of urea groups is 1. The van der Waals surface area contributed by atoms with Crippen LogP contribution in [-0.2, 0) is 11.2 Å². The van der Waals surface area contributed by atoms with Gasteiger partial charge in [-0.1, -0.05) is 60.7 Å². The molecule has 10 heteroatoms. The lowest BCUT2D eigenvalue weighted by atomic mass is 10.1. The molecule has 41 heavy (non-hydrogen) atoms. The van der Waals surface area contributed by atoms with Crippen LogP contribution in [-0.4, -0.2) is 51.2 Å². The van der Waals surface area contributed by atoms with E-state index in [4.69, 9.17) is 5.11 Å². The molecule has 9 nitrogen and oxygen atoms in total. The largest absolute Gasteiger partial charge is 0.394 e. The molecule has 0 bridgehead atoms. The summed E-state index contributed by atoms with van der Waals surface area (Å²) in [6.07, 6.45) is -1.03. The van der Waals surface area contributed by atoms with Gasteiger partial charge < -0.3 is 20.8 Å². The van der Waals surface area contributed by atoms with Gasteiger partial charge in [0.25, 0.3) is 0 Å². The summed E-state index contributed by atoms with van der Waals surface area (Å²) in [5.41, 5.74) is 2.38. The van der Waals surface area contributed by atoms with Crippen LogP contribution in [0, 0.1) is 5.82 Å². The third-order valence-electron chi connectivity index (χ3n) is 6.40. The van der Waals surface area contributed by atoms with Gasteiger partial charge in [-0.15, -0.1) is 0 Å². The molecule has 1 aromatic heterocycles. The van der Waals surface area contributed by atoms with Gasteiger partial charge in [-0.25, -0.2) is 13.9 Å². The molecule has 0 saturated heterocycles. The van der Waals surface area contributed by atoms with E-state index < -0.39 is 24.6 Å². The number of nitrogens with one attached hydrogen (secondary N) is 3. The summed E-state index contributed by atoms with van der Waals surface area (Å²) in [5.74, 6) is -0.511. The molecular weight excluding hydrogens is 525 g/mol. The number of hydrogen-bond donors (Lipinski definition) is 5. The number of rotatable bonds is 9. The van der Waals surface area contributed by atoms with Crippen molar-refractivity contribution in [1.82, 2.24) is 15.1 Å². The Morgan fingerprint density at radius 2 is 1.66 bits per heavy atom. The summed E-state index contributed by atoms with van der Waals surface area (Å²) in [4.78, 5) is 25.5. The number of hydrogen-bond acceptors (Lipinski definition) is 5. The quantitative estimate of drug-likeness (QED) is 0.184. The summed E-state index contributed by atoms with van der Waals surface area (Å²) in [6.45, 7) is -0.524. The minimum Gasteiger partial charge on any atom is -0.394 e. The van der Waals surface area contributed by atoms with Crippen LogP contribution in [0.1, 0.15) is 5.56 Å². The van der Waals surface area contributed by atoms with E-state index in [9.17, 15) is 19.1 Å². The highest BCUT2D eigenvalue weighted by molar-refractivity contribution is 6.06. The van der Waals surface area contributed by atoms with E-state index >= 15 is 0 Å². The number of aromatic nitrogens is 2. The molecule has 1 heterocycles. The molecule has 0 spiro atoms. The molecule has 4 aromatic carbocycles. The predicted molar refractivity (Wildman–Crippen MR) is 155 cm³/mol. The van der Waals surface area contributed by atoms with Gasteiger partial charge in [0.05, 0.1) is 36.2 Å². The van der Waals surface area contributed by atoms with Crippen molar-refractivity contribution >= 4 is 34.2 Å². The fraction of sp³-hybridized carbons (Fsp3) is 0.129. The topological polar surface area (TPSA) is 129 Å². The lowest BCUT2D eigenvalue weighted by molar-refractivity contribution is -0.121. The van der Waals surface area contributed by atoms with Gasteiger partial charge >= 0.3 is 6.03 Å². The molecule has 0 aliphatic rings. The Hall–Kier alpha value is -5.06. The van der Waals surface area contributed by atoms with Crippen molar-refractivity contribution in [2.45, 2.75) is 12.5 Å². The Morgan fingerprint density at radius 1 is 0.902 bits per heavy atom. The summed E-state index contributed by atoms with van der Waals surface area (Å²) in [6, 6.07) is 27.6. The average molecular weight is 554 g/mol. The standard InChI is InChI=1S/C31H28FN5O4/c32-26-13-4-3-12-25(26)28-17-29(35-31(41)34-27-14-6-9-21-8-1-2-11-24(21)27)37(36-28)22-10-5-7-20(15-22)16-30(40)33-18-23(39)19-38/h1-15,17,23,38-39H,16,18-19H2,(H,33,40)(H2,34,35,41). The van der Waals surface area contributed by atoms with Crippen LogP contribution in [0.15, 0.2) is 97.1 Å². The zero-order valence-corrected chi connectivity index (χ0v) is 21.9. The summed E-state index contributed by atoms with van der Waals surface area (Å²) in [7, 11) is 0. The third kappa shape index (κ3) is 6.57. The molecule has 5 N–H and O–H groups in total. The van der Waals surface area contributed by atoms with E-state index in [2.05, 4.69) is 21.0 Å². The molecular formula is C31H28FN5O4. The maximum absolute atomic E-state index is 14.7. The van der Waals surface area contributed by atoms with Crippen LogP contribution in [0.3, 0.4) is 0 Å². The molecule has 5 aromatic rings. The second-order valence-electron chi connectivity index (χ2n) is 9.40. The Labute approximate surface area is 235 Å². The number of nitrogens with zero attached hydrogens (tertiary/aromatic N) is 2. The monoisotopic (exact) mass is 553 g/mol. The lowest BCUT2D eigenvalue weighted by Gasteiger charge is -2.13. The van der Waals surface area contributed by atoms with Crippen LogP contribution in [0.2, 0.25) is 0 Å². The van der Waals surface area contributed by atoms with Crippen LogP contribution >= 0.6 is 0 Å². The first-order valence-electron chi connectivity index (χ1n) is 13.0. The van der Waals surface area contributed by atoms with Gasteiger partial charge in [0.1, 0.15) is 11.6 Å². The zero-order valence-electron chi connectivity index (χ0n) is 21.9. The van der Waals surface area contributed by atoms with Gasteiger partial charge in [0, 0.05) is 23.6 Å². The van der Waals surface area contributed by atoms with E-state index in [1.165, 1.54) is 10.7 Å². The highest BCUT2D eigenvalue weighted by Crippen LogP contribution is 2.28. The summed E-state index contributed by atoms with van der Waals surface area (Å²) >= 11 is 0. The minimum absolute atomic E-state index is 0.0117. The van der Waals surface area contributed by atoms with Crippen LogP contribution in [0.4, 0.5) is 20.7 Å². The van der Waals surface area contributed by atoms with Gasteiger partial charge in [-0.3, -0.25) is 10.1 Å². The molecule has 1 unspecified atom stereocenters. The van der Waals surface area contributed by atoms with Crippen LogP contribution in [0.25, 0.3) is 27.7 Å². The zero-order chi connectivity index (χ0) is 28.8. The number of amides is 3. The van der Waals surface area contributed by atoms with Gasteiger partial charge in [-0.05, 0) is 41.3 Å². The molecule has 1 atom stereocenters. The van der Waals surface area contributed by atoms with E-state index in [0.717, 1.165) is 10.8 Å². The second kappa shape index (κ2) is 12.4. The van der Waals surface area contributed by atoms with E-state index in [1.54, 1.807) is 54.6 Å². The van der Waals surface area contributed by atoms with Crippen molar-refractivity contribution in [1.29, 1.82) is 0 Å². The molecule has 208 valence electrons. The van der Waals surface area contributed by atoms with Crippen molar-refractivity contribution in [2.24, 2.45) is 0 Å². The lowest BCUT2D eigenvalue weighted by Crippen LogP contribution is -2.34. The second-order valence-corrected chi connectivity index (χ2v) is 9.40. The summed E-state index contributed by atoms with van der Waals surface area (Å²) < 4.78 is 16.1. The normalized spacial score (nSPS) is 11.7. The van der Waals surface area contributed by atoms with Crippen molar-refractivity contribution in [3.63, 3.8) is 0 Å². The minimum atomic E-state index is -1.04.